The smallest absolute Gasteiger partial charge is 0.459 e. The summed E-state index contributed by atoms with van der Waals surface area (Å²) in [5.41, 5.74) is 0. The maximum atomic E-state index is 10.6. The minimum atomic E-state index is -2.39. The first-order valence-electron chi connectivity index (χ1n) is 3.48. The van der Waals surface area contributed by atoms with Crippen LogP contribution in [0.2, 0.25) is 12.1 Å². The van der Waals surface area contributed by atoms with Crippen LogP contribution in [0.4, 0.5) is 4.79 Å². The van der Waals surface area contributed by atoms with Crippen molar-refractivity contribution in [2.45, 2.75) is 25.9 Å². The van der Waals surface area contributed by atoms with Crippen molar-refractivity contribution in [1.29, 1.82) is 0 Å². The highest BCUT2D eigenvalue weighted by atomic mass is 28.4. The first-order valence-corrected chi connectivity index (χ1v) is 5.71. The predicted octanol–water partition coefficient (Wildman–Crippen LogP) is 1.50. The highest BCUT2D eigenvalue weighted by molar-refractivity contribution is 6.68. The number of carbonyl (C=O) groups excluding carboxylic acids is 1. The maximum Gasteiger partial charge on any atom is 0.530 e. The maximum absolute atomic E-state index is 10.6. The Morgan fingerprint density at radius 2 is 2.00 bits per heavy atom. The van der Waals surface area contributed by atoms with Gasteiger partial charge in [0.05, 0.1) is 0 Å². The molecule has 0 aromatic rings. The van der Waals surface area contributed by atoms with Gasteiger partial charge in [-0.3, -0.25) is 0 Å². The fourth-order valence-corrected chi connectivity index (χ4v) is 2.36. The van der Waals surface area contributed by atoms with E-state index in [4.69, 9.17) is 9.00 Å². The minimum Gasteiger partial charge on any atom is -0.459 e. The number of rotatable bonds is 2. The molecule has 0 atom stereocenters. The Morgan fingerprint density at radius 3 is 2.36 bits per heavy atom. The molecular formula is C5H10O5Si. The monoisotopic (exact) mass is 178 g/mol. The molecule has 1 saturated heterocycles. The lowest BCUT2D eigenvalue weighted by molar-refractivity contribution is -0.463. The van der Waals surface area contributed by atoms with Crippen molar-refractivity contribution in [3.63, 3.8) is 0 Å². The molecule has 1 heterocycles. The van der Waals surface area contributed by atoms with E-state index in [-0.39, 0.29) is 0 Å². The molecule has 64 valence electrons. The summed E-state index contributed by atoms with van der Waals surface area (Å²) in [5, 5.41) is 4.17. The fourth-order valence-electron chi connectivity index (χ4n) is 0.805. The van der Waals surface area contributed by atoms with Gasteiger partial charge in [-0.1, -0.05) is 13.8 Å². The van der Waals surface area contributed by atoms with E-state index in [0.717, 1.165) is 0 Å². The molecular weight excluding hydrogens is 168 g/mol. The van der Waals surface area contributed by atoms with Gasteiger partial charge in [-0.25, -0.2) is 9.68 Å². The van der Waals surface area contributed by atoms with Crippen molar-refractivity contribution in [1.82, 2.24) is 0 Å². The second-order valence-corrected chi connectivity index (χ2v) is 5.81. The van der Waals surface area contributed by atoms with E-state index in [9.17, 15) is 4.79 Å². The zero-order valence-corrected chi connectivity index (χ0v) is 7.46. The van der Waals surface area contributed by atoms with E-state index >= 15 is 0 Å². The Balaban J connectivity index is 2.59. The summed E-state index contributed by atoms with van der Waals surface area (Å²) in [7, 11) is -2.39. The van der Waals surface area contributed by atoms with Gasteiger partial charge in [0.15, 0.2) is 0 Å². The van der Waals surface area contributed by atoms with Crippen molar-refractivity contribution in [3.05, 3.63) is 0 Å². The summed E-state index contributed by atoms with van der Waals surface area (Å²) in [5.74, 6) is 0. The zero-order chi connectivity index (χ0) is 8.32. The molecule has 0 saturated carbocycles. The quantitative estimate of drug-likeness (QED) is 0.473. The molecule has 11 heavy (non-hydrogen) atoms. The van der Waals surface area contributed by atoms with Gasteiger partial charge < -0.3 is 4.43 Å². The van der Waals surface area contributed by atoms with Crippen LogP contribution in [0.5, 0.6) is 0 Å². The van der Waals surface area contributed by atoms with E-state index in [1.54, 1.807) is 0 Å². The van der Waals surface area contributed by atoms with E-state index in [1.165, 1.54) is 0 Å². The standard InChI is InChI=1S/C5H10O5Si/c1-3-11(4-2)8-5(6)7-9-10-11/h3-4H2,1-2H3. The average molecular weight is 178 g/mol. The summed E-state index contributed by atoms with van der Waals surface area (Å²) < 4.78 is 9.71. The van der Waals surface area contributed by atoms with Gasteiger partial charge in [0.25, 0.3) is 0 Å². The third-order valence-corrected chi connectivity index (χ3v) is 4.70. The first kappa shape index (κ1) is 8.50. The molecule has 0 amide bonds. The Labute approximate surface area is 65.3 Å². The fraction of sp³-hybridized carbons (Fsp3) is 0.800. The van der Waals surface area contributed by atoms with E-state index < -0.39 is 14.7 Å². The molecule has 1 fully saturated rings. The number of hydrogen-bond donors (Lipinski definition) is 0. The van der Waals surface area contributed by atoms with Crippen molar-refractivity contribution < 1.29 is 23.7 Å². The van der Waals surface area contributed by atoms with Crippen LogP contribution in [0.15, 0.2) is 0 Å². The minimum absolute atomic E-state index is 0.665. The largest absolute Gasteiger partial charge is 0.530 e. The summed E-state index contributed by atoms with van der Waals surface area (Å²) in [6.07, 6.45) is -0.799. The summed E-state index contributed by atoms with van der Waals surface area (Å²) >= 11 is 0. The van der Waals surface area contributed by atoms with Crippen LogP contribution >= 0.6 is 0 Å². The van der Waals surface area contributed by atoms with Gasteiger partial charge in [0.1, 0.15) is 0 Å². The van der Waals surface area contributed by atoms with Gasteiger partial charge in [-0.05, 0) is 5.04 Å². The van der Waals surface area contributed by atoms with Gasteiger partial charge in [-0.2, -0.15) is 4.58 Å². The van der Waals surface area contributed by atoms with Crippen LogP contribution in [-0.2, 0) is 18.9 Å². The molecule has 0 N–H and O–H groups in total. The molecule has 1 rings (SSSR count). The second-order valence-electron chi connectivity index (χ2n) is 2.20. The van der Waals surface area contributed by atoms with Gasteiger partial charge in [-0.15, -0.1) is 0 Å². The van der Waals surface area contributed by atoms with E-state index in [0.29, 0.717) is 12.1 Å². The molecule has 0 aromatic carbocycles. The van der Waals surface area contributed by atoms with Crippen LogP contribution < -0.4 is 0 Å². The Bertz CT molecular complexity index is 155. The number of hydrogen-bond acceptors (Lipinski definition) is 5. The molecule has 1 aliphatic rings. The molecule has 0 aromatic heterocycles. The molecule has 1 aliphatic heterocycles. The van der Waals surface area contributed by atoms with Gasteiger partial charge in [0.2, 0.25) is 0 Å². The van der Waals surface area contributed by atoms with E-state index in [2.05, 4.69) is 9.93 Å². The molecule has 0 unspecified atom stereocenters. The lowest BCUT2D eigenvalue weighted by Gasteiger charge is -2.27. The van der Waals surface area contributed by atoms with Gasteiger partial charge >= 0.3 is 14.7 Å². The second kappa shape index (κ2) is 3.20. The van der Waals surface area contributed by atoms with Crippen LogP contribution in [0.3, 0.4) is 0 Å². The topological polar surface area (TPSA) is 54.0 Å². The third-order valence-electron chi connectivity index (χ3n) is 1.63. The van der Waals surface area contributed by atoms with Crippen molar-refractivity contribution in [2.75, 3.05) is 0 Å². The Morgan fingerprint density at radius 1 is 1.36 bits per heavy atom. The van der Waals surface area contributed by atoms with Crippen LogP contribution in [0, 0.1) is 0 Å². The normalized spacial score (nSPS) is 22.2. The summed E-state index contributed by atoms with van der Waals surface area (Å²) in [4.78, 5) is 14.6. The van der Waals surface area contributed by atoms with Crippen molar-refractivity contribution >= 4 is 14.7 Å². The highest BCUT2D eigenvalue weighted by Crippen LogP contribution is 2.22. The molecule has 0 radical (unpaired) electrons. The van der Waals surface area contributed by atoms with Crippen molar-refractivity contribution in [3.8, 4) is 0 Å². The summed E-state index contributed by atoms with van der Waals surface area (Å²) in [6, 6.07) is 1.33. The SMILES string of the molecule is CC[Si]1(CC)OOOC(=O)O1. The Hall–Kier alpha value is -0.593. The number of carbonyl (C=O) groups is 1. The van der Waals surface area contributed by atoms with Crippen molar-refractivity contribution in [2.24, 2.45) is 0 Å². The first-order chi connectivity index (χ1) is 5.22. The van der Waals surface area contributed by atoms with Crippen LogP contribution in [0.25, 0.3) is 0 Å². The summed E-state index contributed by atoms with van der Waals surface area (Å²) in [6.45, 7) is 3.77. The molecule has 5 nitrogen and oxygen atoms in total. The predicted molar refractivity (Wildman–Crippen MR) is 36.5 cm³/mol. The third kappa shape index (κ3) is 1.70. The Kier molecular flexibility index (Phi) is 2.48. The van der Waals surface area contributed by atoms with Gasteiger partial charge in [0, 0.05) is 12.1 Å². The molecule has 0 bridgehead atoms. The highest BCUT2D eigenvalue weighted by Gasteiger charge is 2.44. The molecule has 6 heteroatoms. The van der Waals surface area contributed by atoms with Crippen LogP contribution in [-0.4, -0.2) is 14.7 Å². The molecule has 0 aliphatic carbocycles. The van der Waals surface area contributed by atoms with Crippen LogP contribution in [0.1, 0.15) is 13.8 Å². The lowest BCUT2D eigenvalue weighted by atomic mass is 10.9. The lowest BCUT2D eigenvalue weighted by Crippen LogP contribution is -2.46. The zero-order valence-electron chi connectivity index (χ0n) is 6.46. The molecule has 0 spiro atoms. The van der Waals surface area contributed by atoms with E-state index in [1.807, 2.05) is 13.8 Å². The average Bonchev–Trinajstić information content (AvgIpc) is 2.04.